The fourth-order valence-corrected chi connectivity index (χ4v) is 3.50. The zero-order chi connectivity index (χ0) is 13.9. The number of ether oxygens (including phenoxy) is 1. The van der Waals surface area contributed by atoms with Crippen LogP contribution in [0.3, 0.4) is 0 Å². The Bertz CT molecular complexity index is 284. The van der Waals surface area contributed by atoms with Gasteiger partial charge in [0.2, 0.25) is 0 Å². The summed E-state index contributed by atoms with van der Waals surface area (Å²) in [6, 6.07) is 0. The van der Waals surface area contributed by atoms with E-state index < -0.39 is 0 Å². The Balaban J connectivity index is 2.08. The first-order valence-electron chi connectivity index (χ1n) is 8.15. The van der Waals surface area contributed by atoms with Crippen molar-refractivity contribution in [3.05, 3.63) is 0 Å². The zero-order valence-corrected chi connectivity index (χ0v) is 13.3. The molecule has 0 spiro atoms. The van der Waals surface area contributed by atoms with E-state index >= 15 is 0 Å². The molecule has 2 aliphatic rings. The molecule has 0 aromatic carbocycles. The van der Waals surface area contributed by atoms with Gasteiger partial charge in [-0.25, -0.2) is 0 Å². The van der Waals surface area contributed by atoms with Gasteiger partial charge in [0.1, 0.15) is 0 Å². The number of piperazine rings is 1. The van der Waals surface area contributed by atoms with Gasteiger partial charge in [-0.3, -0.25) is 4.90 Å². The number of nitrogens with one attached hydrogen (secondary N) is 1. The van der Waals surface area contributed by atoms with Crippen LogP contribution < -0.4 is 5.32 Å². The summed E-state index contributed by atoms with van der Waals surface area (Å²) in [6.45, 7) is 14.9. The molecule has 2 rings (SSSR count). The molecule has 2 unspecified atom stereocenters. The molecule has 3 nitrogen and oxygen atoms in total. The van der Waals surface area contributed by atoms with Crippen molar-refractivity contribution in [1.29, 1.82) is 0 Å². The average Bonchev–Trinajstić information content (AvgIpc) is 2.95. The van der Waals surface area contributed by atoms with Crippen molar-refractivity contribution < 1.29 is 4.74 Å². The molecule has 1 N–H and O–H groups in total. The van der Waals surface area contributed by atoms with Crippen LogP contribution in [0.5, 0.6) is 0 Å². The normalized spacial score (nSPS) is 35.7. The van der Waals surface area contributed by atoms with Crippen LogP contribution in [-0.2, 0) is 4.74 Å². The Morgan fingerprint density at radius 1 is 1.21 bits per heavy atom. The van der Waals surface area contributed by atoms with Crippen molar-refractivity contribution in [1.82, 2.24) is 10.2 Å². The molecule has 112 valence electrons. The van der Waals surface area contributed by atoms with E-state index in [1.165, 1.54) is 38.8 Å². The molecule has 0 aromatic rings. The molecule has 2 heterocycles. The molecular formula is C16H32N2O. The van der Waals surface area contributed by atoms with Gasteiger partial charge in [0.05, 0.1) is 6.61 Å². The first kappa shape index (κ1) is 15.3. The van der Waals surface area contributed by atoms with E-state index in [9.17, 15) is 0 Å². The number of rotatable bonds is 5. The molecule has 3 heteroatoms. The predicted molar refractivity (Wildman–Crippen MR) is 80.5 cm³/mol. The maximum absolute atomic E-state index is 5.56. The smallest absolute Gasteiger partial charge is 0.0507 e. The third kappa shape index (κ3) is 3.14. The second kappa shape index (κ2) is 6.11. The molecule has 0 bridgehead atoms. The fraction of sp³-hybridized carbons (Fsp3) is 1.00. The predicted octanol–water partition coefficient (Wildman–Crippen LogP) is 2.66. The van der Waals surface area contributed by atoms with Crippen LogP contribution in [-0.4, -0.2) is 48.8 Å². The minimum Gasteiger partial charge on any atom is -0.381 e. The van der Waals surface area contributed by atoms with Gasteiger partial charge in [0.25, 0.3) is 0 Å². The van der Waals surface area contributed by atoms with Gasteiger partial charge in [-0.15, -0.1) is 0 Å². The van der Waals surface area contributed by atoms with E-state index in [0.717, 1.165) is 25.7 Å². The summed E-state index contributed by atoms with van der Waals surface area (Å²) in [5.41, 5.74) is 0.643. The van der Waals surface area contributed by atoms with E-state index in [4.69, 9.17) is 4.74 Å². The van der Waals surface area contributed by atoms with Crippen LogP contribution in [0, 0.1) is 5.92 Å². The number of nitrogens with zero attached hydrogens (tertiary/aromatic N) is 1. The summed E-state index contributed by atoms with van der Waals surface area (Å²) in [6.07, 6.45) is 4.91. The van der Waals surface area contributed by atoms with Crippen LogP contribution in [0.1, 0.15) is 53.4 Å². The van der Waals surface area contributed by atoms with Gasteiger partial charge in [0, 0.05) is 37.3 Å². The summed E-state index contributed by atoms with van der Waals surface area (Å²) in [4.78, 5) is 2.76. The monoisotopic (exact) mass is 268 g/mol. The fourth-order valence-electron chi connectivity index (χ4n) is 3.50. The van der Waals surface area contributed by atoms with Crippen LogP contribution in [0.4, 0.5) is 0 Å². The van der Waals surface area contributed by atoms with E-state index in [2.05, 4.69) is 37.9 Å². The summed E-state index contributed by atoms with van der Waals surface area (Å²) >= 11 is 0. The van der Waals surface area contributed by atoms with Gasteiger partial charge < -0.3 is 10.1 Å². The summed E-state index contributed by atoms with van der Waals surface area (Å²) in [5.74, 6) is 0.746. The Kier molecular flexibility index (Phi) is 4.91. The largest absolute Gasteiger partial charge is 0.381 e. The quantitative estimate of drug-likeness (QED) is 0.829. The highest BCUT2D eigenvalue weighted by atomic mass is 16.5. The minimum atomic E-state index is 0.316. The highest BCUT2D eigenvalue weighted by Gasteiger charge is 2.43. The molecule has 2 fully saturated rings. The lowest BCUT2D eigenvalue weighted by molar-refractivity contribution is -0.00266. The molecule has 0 aliphatic carbocycles. The van der Waals surface area contributed by atoms with Gasteiger partial charge in [-0.2, -0.15) is 0 Å². The molecule has 0 amide bonds. The van der Waals surface area contributed by atoms with Crippen molar-refractivity contribution >= 4 is 0 Å². The molecule has 2 saturated heterocycles. The van der Waals surface area contributed by atoms with Crippen LogP contribution in [0.25, 0.3) is 0 Å². The van der Waals surface area contributed by atoms with Crippen molar-refractivity contribution in [2.45, 2.75) is 64.5 Å². The Labute approximate surface area is 119 Å². The Hall–Kier alpha value is -0.120. The van der Waals surface area contributed by atoms with E-state index in [-0.39, 0.29) is 0 Å². The van der Waals surface area contributed by atoms with Crippen LogP contribution in [0.15, 0.2) is 0 Å². The molecule has 2 atom stereocenters. The molecule has 0 saturated carbocycles. The van der Waals surface area contributed by atoms with Crippen molar-refractivity contribution in [3.63, 3.8) is 0 Å². The topological polar surface area (TPSA) is 24.5 Å². The Morgan fingerprint density at radius 2 is 1.95 bits per heavy atom. The number of hydrogen-bond acceptors (Lipinski definition) is 3. The third-order valence-corrected chi connectivity index (χ3v) is 5.72. The van der Waals surface area contributed by atoms with Gasteiger partial charge >= 0.3 is 0 Å². The van der Waals surface area contributed by atoms with Gasteiger partial charge in [0.15, 0.2) is 0 Å². The lowest BCUT2D eigenvalue weighted by Crippen LogP contribution is -2.69. The SMILES string of the molecule is CCC1(CC)CN(CC2CCOC2)C(C)(CC)CN1. The van der Waals surface area contributed by atoms with Crippen molar-refractivity contribution in [3.8, 4) is 0 Å². The molecule has 0 aromatic heterocycles. The van der Waals surface area contributed by atoms with E-state index in [0.29, 0.717) is 11.1 Å². The minimum absolute atomic E-state index is 0.316. The zero-order valence-electron chi connectivity index (χ0n) is 13.3. The second-order valence-electron chi connectivity index (χ2n) is 6.80. The van der Waals surface area contributed by atoms with Crippen molar-refractivity contribution in [2.24, 2.45) is 5.92 Å². The van der Waals surface area contributed by atoms with E-state index in [1.54, 1.807) is 0 Å². The lowest BCUT2D eigenvalue weighted by atomic mass is 9.82. The highest BCUT2D eigenvalue weighted by molar-refractivity contribution is 5.02. The van der Waals surface area contributed by atoms with E-state index in [1.807, 2.05) is 0 Å². The first-order chi connectivity index (χ1) is 9.07. The Morgan fingerprint density at radius 3 is 2.47 bits per heavy atom. The van der Waals surface area contributed by atoms with Crippen LogP contribution in [0.2, 0.25) is 0 Å². The second-order valence-corrected chi connectivity index (χ2v) is 6.80. The molecule has 2 aliphatic heterocycles. The standard InChI is InChI=1S/C16H32N2O/c1-5-15(4)12-17-16(6-2,7-3)13-18(15)10-14-8-9-19-11-14/h14,17H,5-13H2,1-4H3. The molecule has 0 radical (unpaired) electrons. The third-order valence-electron chi connectivity index (χ3n) is 5.72. The summed E-state index contributed by atoms with van der Waals surface area (Å²) in [5, 5.41) is 3.86. The number of hydrogen-bond donors (Lipinski definition) is 1. The maximum Gasteiger partial charge on any atom is 0.0507 e. The van der Waals surface area contributed by atoms with Gasteiger partial charge in [-0.05, 0) is 38.5 Å². The maximum atomic E-state index is 5.56. The summed E-state index contributed by atoms with van der Waals surface area (Å²) < 4.78 is 5.56. The molecule has 19 heavy (non-hydrogen) atoms. The molecular weight excluding hydrogens is 236 g/mol. The average molecular weight is 268 g/mol. The van der Waals surface area contributed by atoms with Crippen molar-refractivity contribution in [2.75, 3.05) is 32.8 Å². The van der Waals surface area contributed by atoms with Gasteiger partial charge in [-0.1, -0.05) is 20.8 Å². The lowest BCUT2D eigenvalue weighted by Gasteiger charge is -2.53. The van der Waals surface area contributed by atoms with Crippen LogP contribution >= 0.6 is 0 Å². The first-order valence-corrected chi connectivity index (χ1v) is 8.15. The summed E-state index contributed by atoms with van der Waals surface area (Å²) in [7, 11) is 0. The highest BCUT2D eigenvalue weighted by Crippen LogP contribution is 2.32.